The van der Waals surface area contributed by atoms with Crippen molar-refractivity contribution in [2.75, 3.05) is 11.9 Å². The Balaban J connectivity index is 2.30. The standard InChI is InChI=1S/C12H14FN3O3/c1-12(19,10(17)18)6-14-11-15-9-7(13)4-3-5-8(9)16(11)2/h3-5,19H,6H2,1-2H3,(H,14,15)(H,17,18). The topological polar surface area (TPSA) is 87.4 Å². The Bertz CT molecular complexity index is 636. The van der Waals surface area contributed by atoms with E-state index in [1.807, 2.05) is 0 Å². The van der Waals surface area contributed by atoms with E-state index in [1.54, 1.807) is 23.7 Å². The smallest absolute Gasteiger partial charge is 0.337 e. The average molecular weight is 267 g/mol. The fourth-order valence-electron chi connectivity index (χ4n) is 1.67. The molecule has 0 fully saturated rings. The Morgan fingerprint density at radius 2 is 2.26 bits per heavy atom. The van der Waals surface area contributed by atoms with Crippen molar-refractivity contribution >= 4 is 23.0 Å². The van der Waals surface area contributed by atoms with E-state index in [4.69, 9.17) is 5.11 Å². The Kier molecular flexibility index (Phi) is 3.15. The SMILES string of the molecule is Cn1c(NCC(C)(O)C(=O)O)nc2c(F)cccc21. The number of imidazole rings is 1. The van der Waals surface area contributed by atoms with E-state index < -0.39 is 17.4 Å². The van der Waals surface area contributed by atoms with Crippen LogP contribution in [0.2, 0.25) is 0 Å². The molecule has 7 heteroatoms. The first-order valence-electron chi connectivity index (χ1n) is 5.63. The molecule has 3 N–H and O–H groups in total. The largest absolute Gasteiger partial charge is 0.479 e. The van der Waals surface area contributed by atoms with Gasteiger partial charge in [0, 0.05) is 7.05 Å². The number of hydrogen-bond acceptors (Lipinski definition) is 4. The Hall–Kier alpha value is -2.15. The van der Waals surface area contributed by atoms with Crippen LogP contribution in [0.5, 0.6) is 0 Å². The van der Waals surface area contributed by atoms with Crippen LogP contribution in [0.3, 0.4) is 0 Å². The summed E-state index contributed by atoms with van der Waals surface area (Å²) >= 11 is 0. The van der Waals surface area contributed by atoms with Crippen LogP contribution in [0.1, 0.15) is 6.92 Å². The number of halogens is 1. The van der Waals surface area contributed by atoms with Crippen molar-refractivity contribution in [3.8, 4) is 0 Å². The summed E-state index contributed by atoms with van der Waals surface area (Å²) in [5.74, 6) is -1.50. The number of aliphatic hydroxyl groups is 1. The van der Waals surface area contributed by atoms with Crippen LogP contribution in [-0.2, 0) is 11.8 Å². The first-order valence-corrected chi connectivity index (χ1v) is 5.63. The van der Waals surface area contributed by atoms with Gasteiger partial charge in [0.1, 0.15) is 5.52 Å². The molecule has 1 heterocycles. The second kappa shape index (κ2) is 4.51. The maximum Gasteiger partial charge on any atom is 0.337 e. The van der Waals surface area contributed by atoms with Crippen LogP contribution in [0.25, 0.3) is 11.0 Å². The van der Waals surface area contributed by atoms with E-state index in [0.29, 0.717) is 11.5 Å². The van der Waals surface area contributed by atoms with Gasteiger partial charge in [-0.2, -0.15) is 0 Å². The maximum absolute atomic E-state index is 13.5. The average Bonchev–Trinajstić information content (AvgIpc) is 2.66. The molecule has 0 bridgehead atoms. The number of benzene rings is 1. The van der Waals surface area contributed by atoms with Gasteiger partial charge < -0.3 is 20.1 Å². The molecule has 0 aliphatic rings. The van der Waals surface area contributed by atoms with Crippen molar-refractivity contribution in [2.24, 2.45) is 7.05 Å². The van der Waals surface area contributed by atoms with Gasteiger partial charge in [-0.3, -0.25) is 0 Å². The summed E-state index contributed by atoms with van der Waals surface area (Å²) in [5, 5.41) is 21.1. The van der Waals surface area contributed by atoms with Gasteiger partial charge in [0.2, 0.25) is 5.95 Å². The molecule has 0 spiro atoms. The minimum atomic E-state index is -1.92. The molecule has 1 atom stereocenters. The summed E-state index contributed by atoms with van der Waals surface area (Å²) in [5.41, 5.74) is -1.14. The van der Waals surface area contributed by atoms with Gasteiger partial charge in [-0.05, 0) is 19.1 Å². The molecule has 1 aromatic carbocycles. The van der Waals surface area contributed by atoms with Crippen LogP contribution in [0, 0.1) is 5.82 Å². The van der Waals surface area contributed by atoms with Gasteiger partial charge in [-0.15, -0.1) is 0 Å². The van der Waals surface area contributed by atoms with Gasteiger partial charge in [0.05, 0.1) is 12.1 Å². The van der Waals surface area contributed by atoms with Gasteiger partial charge in [0.25, 0.3) is 0 Å². The number of para-hydroxylation sites is 1. The third-order valence-electron chi connectivity index (χ3n) is 2.91. The van der Waals surface area contributed by atoms with E-state index in [1.165, 1.54) is 13.0 Å². The van der Waals surface area contributed by atoms with Crippen LogP contribution in [0.15, 0.2) is 18.2 Å². The van der Waals surface area contributed by atoms with Crippen molar-refractivity contribution in [1.82, 2.24) is 9.55 Å². The number of aromatic nitrogens is 2. The summed E-state index contributed by atoms with van der Waals surface area (Å²) in [7, 11) is 1.67. The number of nitrogens with one attached hydrogen (secondary N) is 1. The second-order valence-electron chi connectivity index (χ2n) is 4.53. The molecule has 2 aromatic rings. The molecule has 0 aliphatic carbocycles. The lowest BCUT2D eigenvalue weighted by molar-refractivity contribution is -0.155. The number of fused-ring (bicyclic) bond motifs is 1. The number of rotatable bonds is 4. The molecule has 1 aromatic heterocycles. The fraction of sp³-hybridized carbons (Fsp3) is 0.333. The zero-order valence-corrected chi connectivity index (χ0v) is 10.5. The van der Waals surface area contributed by atoms with Crippen molar-refractivity contribution < 1.29 is 19.4 Å². The summed E-state index contributed by atoms with van der Waals surface area (Å²) in [6.07, 6.45) is 0. The molecule has 0 aliphatic heterocycles. The molecule has 0 amide bonds. The predicted molar refractivity (Wildman–Crippen MR) is 67.4 cm³/mol. The normalized spacial score (nSPS) is 14.3. The zero-order valence-electron chi connectivity index (χ0n) is 10.5. The minimum Gasteiger partial charge on any atom is -0.479 e. The van der Waals surface area contributed by atoms with Gasteiger partial charge in [0.15, 0.2) is 11.4 Å². The molecule has 0 radical (unpaired) electrons. The second-order valence-corrected chi connectivity index (χ2v) is 4.53. The van der Waals surface area contributed by atoms with Crippen molar-refractivity contribution in [3.05, 3.63) is 24.0 Å². The summed E-state index contributed by atoms with van der Waals surface area (Å²) < 4.78 is 15.1. The van der Waals surface area contributed by atoms with Crippen LogP contribution >= 0.6 is 0 Å². The summed E-state index contributed by atoms with van der Waals surface area (Å²) in [6, 6.07) is 4.56. The number of hydrogen-bond donors (Lipinski definition) is 3. The van der Waals surface area contributed by atoms with Crippen LogP contribution in [-0.4, -0.2) is 37.9 Å². The molecule has 6 nitrogen and oxygen atoms in total. The third-order valence-corrected chi connectivity index (χ3v) is 2.91. The van der Waals surface area contributed by atoms with Crippen molar-refractivity contribution in [3.63, 3.8) is 0 Å². The molecule has 1 unspecified atom stereocenters. The number of anilines is 1. The lowest BCUT2D eigenvalue weighted by Gasteiger charge is -2.18. The highest BCUT2D eigenvalue weighted by atomic mass is 19.1. The molecule has 0 saturated heterocycles. The number of carboxylic acids is 1. The van der Waals surface area contributed by atoms with E-state index in [0.717, 1.165) is 0 Å². The monoisotopic (exact) mass is 267 g/mol. The van der Waals surface area contributed by atoms with Crippen LogP contribution < -0.4 is 5.32 Å². The van der Waals surface area contributed by atoms with E-state index in [2.05, 4.69) is 10.3 Å². The third kappa shape index (κ3) is 2.37. The molecule has 102 valence electrons. The lowest BCUT2D eigenvalue weighted by atomic mass is 10.1. The molecular formula is C12H14FN3O3. The maximum atomic E-state index is 13.5. The lowest BCUT2D eigenvalue weighted by Crippen LogP contribution is -2.42. The van der Waals surface area contributed by atoms with Crippen molar-refractivity contribution in [1.29, 1.82) is 0 Å². The fourth-order valence-corrected chi connectivity index (χ4v) is 1.67. The molecule has 0 saturated carbocycles. The van der Waals surface area contributed by atoms with Gasteiger partial charge in [-0.1, -0.05) is 6.07 Å². The van der Waals surface area contributed by atoms with Crippen LogP contribution in [0.4, 0.5) is 10.3 Å². The molecule has 2 rings (SSSR count). The highest BCUT2D eigenvalue weighted by Gasteiger charge is 2.30. The van der Waals surface area contributed by atoms with Gasteiger partial charge in [-0.25, -0.2) is 14.2 Å². The Labute approximate surface area is 108 Å². The van der Waals surface area contributed by atoms with E-state index in [-0.39, 0.29) is 12.1 Å². The Morgan fingerprint density at radius 1 is 1.58 bits per heavy atom. The zero-order chi connectivity index (χ0) is 14.2. The summed E-state index contributed by atoms with van der Waals surface area (Å²) in [6.45, 7) is 0.937. The number of carboxylic acid groups (broad SMARTS) is 1. The first-order chi connectivity index (χ1) is 8.83. The van der Waals surface area contributed by atoms with Crippen molar-refractivity contribution in [2.45, 2.75) is 12.5 Å². The Morgan fingerprint density at radius 3 is 2.84 bits per heavy atom. The first kappa shape index (κ1) is 13.3. The number of aliphatic carboxylic acids is 1. The minimum absolute atomic E-state index is 0.197. The van der Waals surface area contributed by atoms with Gasteiger partial charge >= 0.3 is 5.97 Å². The molecule has 19 heavy (non-hydrogen) atoms. The number of nitrogens with zero attached hydrogens (tertiary/aromatic N) is 2. The van der Waals surface area contributed by atoms with E-state index >= 15 is 0 Å². The van der Waals surface area contributed by atoms with E-state index in [9.17, 15) is 14.3 Å². The number of aryl methyl sites for hydroxylation is 1. The predicted octanol–water partition coefficient (Wildman–Crippen LogP) is 0.960. The number of carbonyl (C=O) groups is 1. The highest BCUT2D eigenvalue weighted by Crippen LogP contribution is 2.21. The molecular weight excluding hydrogens is 253 g/mol. The summed E-state index contributed by atoms with van der Waals surface area (Å²) in [4.78, 5) is 14.8. The quantitative estimate of drug-likeness (QED) is 0.768. The highest BCUT2D eigenvalue weighted by molar-refractivity contribution is 5.80.